The summed E-state index contributed by atoms with van der Waals surface area (Å²) in [5.74, 6) is 1.28. The van der Waals surface area contributed by atoms with E-state index in [9.17, 15) is 5.11 Å². The molecule has 0 spiro atoms. The molecule has 2 aromatic rings. The molecule has 2 unspecified atom stereocenters. The molecule has 0 radical (unpaired) electrons. The number of aryl methyl sites for hydroxylation is 1. The maximum atomic E-state index is 10.1. The van der Waals surface area contributed by atoms with Crippen LogP contribution in [0, 0.1) is 12.8 Å². The molecule has 0 aliphatic heterocycles. The Bertz CT molecular complexity index is 504. The molecule has 1 N–H and O–H groups in total. The lowest BCUT2D eigenvalue weighted by Crippen LogP contribution is -2.23. The minimum atomic E-state index is -0.309. The van der Waals surface area contributed by atoms with Gasteiger partial charge in [-0.25, -0.2) is 4.98 Å². The van der Waals surface area contributed by atoms with Crippen LogP contribution in [0.3, 0.4) is 0 Å². The van der Waals surface area contributed by atoms with Crippen molar-refractivity contribution in [3.8, 4) is 0 Å². The Hall–Kier alpha value is -1.35. The van der Waals surface area contributed by atoms with Gasteiger partial charge in [-0.2, -0.15) is 0 Å². The number of nitrogens with zero attached hydrogens (tertiary/aromatic N) is 2. The summed E-state index contributed by atoms with van der Waals surface area (Å²) < 4.78 is 2.10. The Kier molecular flexibility index (Phi) is 3.48. The van der Waals surface area contributed by atoms with E-state index >= 15 is 0 Å². The largest absolute Gasteiger partial charge is 0.391 e. The molecule has 0 aliphatic carbocycles. The Labute approximate surface area is 102 Å². The van der Waals surface area contributed by atoms with E-state index in [4.69, 9.17) is 0 Å². The van der Waals surface area contributed by atoms with Crippen LogP contribution in [0.25, 0.3) is 11.0 Å². The van der Waals surface area contributed by atoms with Crippen LogP contribution in [-0.4, -0.2) is 20.8 Å². The summed E-state index contributed by atoms with van der Waals surface area (Å²) in [5, 5.41) is 10.1. The highest BCUT2D eigenvalue weighted by molar-refractivity contribution is 5.75. The van der Waals surface area contributed by atoms with Crippen molar-refractivity contribution in [1.29, 1.82) is 0 Å². The van der Waals surface area contributed by atoms with Gasteiger partial charge in [0.2, 0.25) is 0 Å². The fourth-order valence-electron chi connectivity index (χ4n) is 2.07. The molecule has 0 fully saturated rings. The third-order valence-electron chi connectivity index (χ3n) is 3.52. The van der Waals surface area contributed by atoms with Crippen molar-refractivity contribution in [2.45, 2.75) is 39.8 Å². The number of para-hydroxylation sites is 2. The number of hydrogen-bond donors (Lipinski definition) is 1. The minimum absolute atomic E-state index is 0.309. The first-order valence-electron chi connectivity index (χ1n) is 6.23. The molecule has 92 valence electrons. The summed E-state index contributed by atoms with van der Waals surface area (Å²) >= 11 is 0. The quantitative estimate of drug-likeness (QED) is 0.880. The van der Waals surface area contributed by atoms with Crippen LogP contribution in [0.1, 0.15) is 26.1 Å². The molecule has 1 aromatic heterocycles. The molecule has 3 nitrogen and oxygen atoms in total. The van der Waals surface area contributed by atoms with Crippen LogP contribution in [0.15, 0.2) is 24.3 Å². The lowest BCUT2D eigenvalue weighted by Gasteiger charge is -2.18. The minimum Gasteiger partial charge on any atom is -0.391 e. The number of imidazole rings is 1. The van der Waals surface area contributed by atoms with E-state index in [1.54, 1.807) is 0 Å². The van der Waals surface area contributed by atoms with Crippen LogP contribution in [-0.2, 0) is 6.54 Å². The predicted molar refractivity (Wildman–Crippen MR) is 69.9 cm³/mol. The third kappa shape index (κ3) is 2.34. The predicted octanol–water partition coefficient (Wildman–Crippen LogP) is 2.75. The van der Waals surface area contributed by atoms with Gasteiger partial charge in [-0.05, 0) is 25.0 Å². The number of fused-ring (bicyclic) bond motifs is 1. The summed E-state index contributed by atoms with van der Waals surface area (Å²) in [6.45, 7) is 6.80. The van der Waals surface area contributed by atoms with Gasteiger partial charge in [0.1, 0.15) is 5.82 Å². The summed E-state index contributed by atoms with van der Waals surface area (Å²) in [7, 11) is 0. The molecule has 1 aromatic carbocycles. The summed E-state index contributed by atoms with van der Waals surface area (Å²) in [6, 6.07) is 8.06. The lowest BCUT2D eigenvalue weighted by atomic mass is 10.0. The molecular weight excluding hydrogens is 212 g/mol. The Morgan fingerprint density at radius 1 is 1.35 bits per heavy atom. The molecule has 0 bridgehead atoms. The number of rotatable bonds is 4. The number of hydrogen-bond acceptors (Lipinski definition) is 2. The van der Waals surface area contributed by atoms with Gasteiger partial charge in [0.25, 0.3) is 0 Å². The first kappa shape index (κ1) is 12.1. The van der Waals surface area contributed by atoms with Crippen LogP contribution in [0.2, 0.25) is 0 Å². The van der Waals surface area contributed by atoms with Gasteiger partial charge in [0, 0.05) is 0 Å². The van der Waals surface area contributed by atoms with Crippen molar-refractivity contribution in [3.63, 3.8) is 0 Å². The molecule has 17 heavy (non-hydrogen) atoms. The lowest BCUT2D eigenvalue weighted by molar-refractivity contribution is 0.0971. The molecule has 0 saturated heterocycles. The van der Waals surface area contributed by atoms with E-state index in [1.807, 2.05) is 25.1 Å². The van der Waals surface area contributed by atoms with Gasteiger partial charge < -0.3 is 9.67 Å². The number of aromatic nitrogens is 2. The van der Waals surface area contributed by atoms with Crippen molar-refractivity contribution in [2.24, 2.45) is 5.92 Å². The van der Waals surface area contributed by atoms with Gasteiger partial charge in [0.05, 0.1) is 23.7 Å². The first-order valence-corrected chi connectivity index (χ1v) is 6.23. The van der Waals surface area contributed by atoms with Gasteiger partial charge in [-0.15, -0.1) is 0 Å². The summed E-state index contributed by atoms with van der Waals surface area (Å²) in [5.41, 5.74) is 2.11. The van der Waals surface area contributed by atoms with Gasteiger partial charge in [-0.3, -0.25) is 0 Å². The zero-order valence-corrected chi connectivity index (χ0v) is 10.7. The fourth-order valence-corrected chi connectivity index (χ4v) is 2.07. The van der Waals surface area contributed by atoms with E-state index < -0.39 is 0 Å². The SMILES string of the molecule is CCC(C)C(O)Cn1c(C)nc2ccccc21. The highest BCUT2D eigenvalue weighted by atomic mass is 16.3. The molecule has 2 atom stereocenters. The molecule has 0 aliphatic rings. The van der Waals surface area contributed by atoms with Crippen molar-refractivity contribution in [2.75, 3.05) is 0 Å². The molecule has 2 rings (SSSR count). The Morgan fingerprint density at radius 3 is 2.76 bits per heavy atom. The zero-order valence-electron chi connectivity index (χ0n) is 10.7. The van der Waals surface area contributed by atoms with Crippen molar-refractivity contribution in [1.82, 2.24) is 9.55 Å². The average molecular weight is 232 g/mol. The summed E-state index contributed by atoms with van der Waals surface area (Å²) in [6.07, 6.45) is 0.684. The Balaban J connectivity index is 2.32. The molecule has 0 amide bonds. The smallest absolute Gasteiger partial charge is 0.106 e. The second-order valence-corrected chi connectivity index (χ2v) is 4.71. The van der Waals surface area contributed by atoms with Crippen LogP contribution in [0.5, 0.6) is 0 Å². The monoisotopic (exact) mass is 232 g/mol. The molecule has 1 heterocycles. The standard InChI is InChI=1S/C14H20N2O/c1-4-10(2)14(17)9-16-11(3)15-12-7-5-6-8-13(12)16/h5-8,10,14,17H,4,9H2,1-3H3. The fraction of sp³-hybridized carbons (Fsp3) is 0.500. The number of aliphatic hydroxyl groups is 1. The first-order chi connectivity index (χ1) is 8.13. The number of benzene rings is 1. The van der Waals surface area contributed by atoms with Crippen LogP contribution < -0.4 is 0 Å². The van der Waals surface area contributed by atoms with Gasteiger partial charge >= 0.3 is 0 Å². The molecule has 3 heteroatoms. The second-order valence-electron chi connectivity index (χ2n) is 4.71. The van der Waals surface area contributed by atoms with Crippen LogP contribution >= 0.6 is 0 Å². The second kappa shape index (κ2) is 4.88. The zero-order chi connectivity index (χ0) is 12.4. The maximum Gasteiger partial charge on any atom is 0.106 e. The van der Waals surface area contributed by atoms with Gasteiger partial charge in [-0.1, -0.05) is 32.4 Å². The average Bonchev–Trinajstić information content (AvgIpc) is 2.65. The van der Waals surface area contributed by atoms with Gasteiger partial charge in [0.15, 0.2) is 0 Å². The molecular formula is C14H20N2O. The number of aliphatic hydroxyl groups excluding tert-OH is 1. The van der Waals surface area contributed by atoms with Crippen molar-refractivity contribution >= 4 is 11.0 Å². The summed E-state index contributed by atoms with van der Waals surface area (Å²) in [4.78, 5) is 4.50. The third-order valence-corrected chi connectivity index (χ3v) is 3.52. The van der Waals surface area contributed by atoms with Crippen molar-refractivity contribution < 1.29 is 5.11 Å². The van der Waals surface area contributed by atoms with Crippen LogP contribution in [0.4, 0.5) is 0 Å². The van der Waals surface area contributed by atoms with E-state index in [2.05, 4.69) is 29.5 Å². The van der Waals surface area contributed by atoms with E-state index in [0.29, 0.717) is 12.5 Å². The van der Waals surface area contributed by atoms with E-state index in [1.165, 1.54) is 0 Å². The van der Waals surface area contributed by atoms with E-state index in [-0.39, 0.29) is 6.10 Å². The topological polar surface area (TPSA) is 38.0 Å². The van der Waals surface area contributed by atoms with E-state index in [0.717, 1.165) is 23.3 Å². The maximum absolute atomic E-state index is 10.1. The highest BCUT2D eigenvalue weighted by Gasteiger charge is 2.15. The van der Waals surface area contributed by atoms with Crippen molar-refractivity contribution in [3.05, 3.63) is 30.1 Å². The Morgan fingerprint density at radius 2 is 2.06 bits per heavy atom. The normalized spacial score (nSPS) is 15.1. The molecule has 0 saturated carbocycles. The highest BCUT2D eigenvalue weighted by Crippen LogP contribution is 2.18.